The molecule has 0 aliphatic rings. The van der Waals surface area contributed by atoms with Crippen molar-refractivity contribution in [3.8, 4) is 5.75 Å². The maximum Gasteiger partial charge on any atom is 0.387 e. The molecular weight excluding hydrogens is 346 g/mol. The highest BCUT2D eigenvalue weighted by atomic mass is 32.2. The monoisotopic (exact) mass is 360 g/mol. The zero-order valence-corrected chi connectivity index (χ0v) is 13.2. The SMILES string of the molecule is C[C@H](NC(=O)c1ccc(S(N)(=O)=O)o1)c1ccc(OC(F)F)cc1. The second-order valence-electron chi connectivity index (χ2n) is 4.81. The molecule has 3 N–H and O–H groups in total. The van der Waals surface area contributed by atoms with E-state index in [0.717, 1.165) is 6.07 Å². The number of alkyl halides is 2. The van der Waals surface area contributed by atoms with E-state index >= 15 is 0 Å². The van der Waals surface area contributed by atoms with Crippen LogP contribution in [0.15, 0.2) is 45.9 Å². The van der Waals surface area contributed by atoms with Crippen molar-refractivity contribution in [2.24, 2.45) is 5.14 Å². The maximum atomic E-state index is 12.1. The smallest absolute Gasteiger partial charge is 0.387 e. The molecule has 0 spiro atoms. The highest BCUT2D eigenvalue weighted by Gasteiger charge is 2.19. The minimum absolute atomic E-state index is 0.00361. The Bertz CT molecular complexity index is 818. The molecule has 0 bridgehead atoms. The van der Waals surface area contributed by atoms with Crippen molar-refractivity contribution >= 4 is 15.9 Å². The summed E-state index contributed by atoms with van der Waals surface area (Å²) in [4.78, 5) is 12.0. The molecule has 1 heterocycles. The largest absolute Gasteiger partial charge is 0.438 e. The molecule has 1 amide bonds. The molecule has 0 unspecified atom stereocenters. The number of nitrogens with one attached hydrogen (secondary N) is 1. The molecule has 0 aliphatic heterocycles. The van der Waals surface area contributed by atoms with Crippen molar-refractivity contribution in [1.82, 2.24) is 5.32 Å². The van der Waals surface area contributed by atoms with E-state index in [-0.39, 0.29) is 11.5 Å². The lowest BCUT2D eigenvalue weighted by Crippen LogP contribution is -2.26. The number of primary sulfonamides is 1. The fraction of sp³-hybridized carbons (Fsp3) is 0.214. The van der Waals surface area contributed by atoms with E-state index in [1.54, 1.807) is 6.92 Å². The Labute approximate surface area is 136 Å². The summed E-state index contributed by atoms with van der Waals surface area (Å²) in [5, 5.41) is 6.95. The summed E-state index contributed by atoms with van der Waals surface area (Å²) in [5.41, 5.74) is 0.628. The summed E-state index contributed by atoms with van der Waals surface area (Å²) in [7, 11) is -4.03. The minimum Gasteiger partial charge on any atom is -0.438 e. The van der Waals surface area contributed by atoms with Gasteiger partial charge in [-0.15, -0.1) is 0 Å². The van der Waals surface area contributed by atoms with Gasteiger partial charge in [0.25, 0.3) is 15.9 Å². The molecule has 2 rings (SSSR count). The van der Waals surface area contributed by atoms with E-state index in [4.69, 9.17) is 9.56 Å². The average molecular weight is 360 g/mol. The average Bonchev–Trinajstić information content (AvgIpc) is 2.97. The van der Waals surface area contributed by atoms with E-state index < -0.39 is 33.7 Å². The highest BCUT2D eigenvalue weighted by molar-refractivity contribution is 7.89. The van der Waals surface area contributed by atoms with Gasteiger partial charge in [0.1, 0.15) is 5.75 Å². The van der Waals surface area contributed by atoms with Crippen LogP contribution in [-0.2, 0) is 10.0 Å². The van der Waals surface area contributed by atoms with Gasteiger partial charge in [-0.25, -0.2) is 13.6 Å². The van der Waals surface area contributed by atoms with Gasteiger partial charge in [-0.3, -0.25) is 4.79 Å². The first kappa shape index (κ1) is 17.9. The maximum absolute atomic E-state index is 12.1. The number of amides is 1. The van der Waals surface area contributed by atoms with Crippen LogP contribution in [0.3, 0.4) is 0 Å². The summed E-state index contributed by atoms with van der Waals surface area (Å²) in [6.45, 7) is -1.26. The predicted octanol–water partition coefficient (Wildman–Crippen LogP) is 2.02. The molecule has 24 heavy (non-hydrogen) atoms. The molecule has 1 atom stereocenters. The first-order valence-electron chi connectivity index (χ1n) is 6.65. The number of nitrogens with two attached hydrogens (primary N) is 1. The number of carbonyl (C=O) groups excluding carboxylic acids is 1. The van der Waals surface area contributed by atoms with Crippen LogP contribution in [0.1, 0.15) is 29.1 Å². The van der Waals surface area contributed by atoms with Crippen LogP contribution in [0, 0.1) is 0 Å². The second kappa shape index (κ2) is 6.97. The number of furan rings is 1. The third kappa shape index (κ3) is 4.52. The van der Waals surface area contributed by atoms with E-state index in [1.165, 1.54) is 30.3 Å². The lowest BCUT2D eigenvalue weighted by molar-refractivity contribution is -0.0498. The fourth-order valence-electron chi connectivity index (χ4n) is 1.88. The Morgan fingerprint density at radius 2 is 1.83 bits per heavy atom. The summed E-state index contributed by atoms with van der Waals surface area (Å²) in [5.74, 6) is -0.870. The van der Waals surface area contributed by atoms with Crippen molar-refractivity contribution in [3.05, 3.63) is 47.7 Å². The topological polar surface area (TPSA) is 112 Å². The number of benzene rings is 1. The summed E-state index contributed by atoms with van der Waals surface area (Å²) in [6.07, 6.45) is 0. The van der Waals surface area contributed by atoms with Crippen LogP contribution in [0.5, 0.6) is 5.75 Å². The van der Waals surface area contributed by atoms with E-state index in [0.29, 0.717) is 5.56 Å². The van der Waals surface area contributed by atoms with Gasteiger partial charge in [0.2, 0.25) is 5.09 Å². The Kier molecular flexibility index (Phi) is 5.20. The van der Waals surface area contributed by atoms with Gasteiger partial charge in [-0.05, 0) is 36.8 Å². The summed E-state index contributed by atoms with van der Waals surface area (Å²) < 4.78 is 55.5. The molecule has 10 heteroatoms. The van der Waals surface area contributed by atoms with Crippen molar-refractivity contribution in [1.29, 1.82) is 0 Å². The number of sulfonamides is 1. The van der Waals surface area contributed by atoms with Crippen molar-refractivity contribution < 1.29 is 31.1 Å². The third-order valence-corrected chi connectivity index (χ3v) is 3.82. The number of carbonyl (C=O) groups is 1. The van der Waals surface area contributed by atoms with Gasteiger partial charge in [0.15, 0.2) is 5.76 Å². The zero-order chi connectivity index (χ0) is 17.9. The number of ether oxygens (including phenoxy) is 1. The Hall–Kier alpha value is -2.46. The Morgan fingerprint density at radius 3 is 2.33 bits per heavy atom. The summed E-state index contributed by atoms with van der Waals surface area (Å²) >= 11 is 0. The third-order valence-electron chi connectivity index (χ3n) is 3.04. The molecule has 1 aromatic carbocycles. The highest BCUT2D eigenvalue weighted by Crippen LogP contribution is 2.20. The molecule has 0 saturated carbocycles. The van der Waals surface area contributed by atoms with Crippen molar-refractivity contribution in [2.75, 3.05) is 0 Å². The van der Waals surface area contributed by atoms with Crippen LogP contribution < -0.4 is 15.2 Å². The Balaban J connectivity index is 2.04. The molecule has 0 radical (unpaired) electrons. The lowest BCUT2D eigenvalue weighted by atomic mass is 10.1. The van der Waals surface area contributed by atoms with Gasteiger partial charge in [0.05, 0.1) is 6.04 Å². The fourth-order valence-corrected chi connectivity index (χ4v) is 2.35. The lowest BCUT2D eigenvalue weighted by Gasteiger charge is -2.14. The first-order chi connectivity index (χ1) is 11.2. The van der Waals surface area contributed by atoms with Crippen LogP contribution in [0.25, 0.3) is 0 Å². The van der Waals surface area contributed by atoms with Crippen LogP contribution in [0.4, 0.5) is 8.78 Å². The molecular formula is C14H14F2N2O5S. The predicted molar refractivity (Wildman–Crippen MR) is 79.0 cm³/mol. The normalized spacial score (nSPS) is 12.9. The minimum atomic E-state index is -4.03. The molecule has 7 nitrogen and oxygen atoms in total. The van der Waals surface area contributed by atoms with Crippen molar-refractivity contribution in [2.45, 2.75) is 24.7 Å². The van der Waals surface area contributed by atoms with Crippen LogP contribution >= 0.6 is 0 Å². The number of hydrogen-bond acceptors (Lipinski definition) is 5. The van der Waals surface area contributed by atoms with Gasteiger partial charge in [-0.1, -0.05) is 12.1 Å². The standard InChI is InChI=1S/C14H14F2N2O5S/c1-8(9-2-4-10(5-3-9)22-14(15)16)18-13(19)11-6-7-12(23-11)24(17,20)21/h2-8,14H,1H3,(H,18,19)(H2,17,20,21)/t8-/m0/s1. The molecule has 2 aromatic rings. The number of halogens is 2. The van der Waals surface area contributed by atoms with Crippen LogP contribution in [-0.4, -0.2) is 20.9 Å². The first-order valence-corrected chi connectivity index (χ1v) is 8.19. The summed E-state index contributed by atoms with van der Waals surface area (Å²) in [6, 6.07) is 7.49. The molecule has 1 aromatic heterocycles. The number of rotatable bonds is 6. The van der Waals surface area contributed by atoms with Gasteiger partial charge in [-0.2, -0.15) is 8.78 Å². The second-order valence-corrected chi connectivity index (χ2v) is 6.30. The van der Waals surface area contributed by atoms with E-state index in [2.05, 4.69) is 10.1 Å². The van der Waals surface area contributed by atoms with E-state index in [9.17, 15) is 22.0 Å². The number of hydrogen-bond donors (Lipinski definition) is 2. The van der Waals surface area contributed by atoms with Gasteiger partial charge >= 0.3 is 6.61 Å². The van der Waals surface area contributed by atoms with Crippen LogP contribution in [0.2, 0.25) is 0 Å². The van der Waals surface area contributed by atoms with Crippen molar-refractivity contribution in [3.63, 3.8) is 0 Å². The molecule has 0 aliphatic carbocycles. The molecule has 0 saturated heterocycles. The van der Waals surface area contributed by atoms with Gasteiger partial charge < -0.3 is 14.5 Å². The quantitative estimate of drug-likeness (QED) is 0.818. The molecule has 130 valence electrons. The van der Waals surface area contributed by atoms with Gasteiger partial charge in [0, 0.05) is 0 Å². The zero-order valence-electron chi connectivity index (χ0n) is 12.4. The Morgan fingerprint density at radius 1 is 1.21 bits per heavy atom. The molecule has 0 fully saturated rings. The van der Waals surface area contributed by atoms with E-state index in [1.807, 2.05) is 0 Å².